The van der Waals surface area contributed by atoms with E-state index in [9.17, 15) is 23.3 Å². The minimum Gasteiger partial charge on any atom is -0.489 e. The fraction of sp³-hybridized carbons (Fsp3) is 0.0909. The van der Waals surface area contributed by atoms with E-state index in [0.717, 1.165) is 17.7 Å². The summed E-state index contributed by atoms with van der Waals surface area (Å²) in [6.45, 7) is 0.300. The Bertz CT molecular complexity index is 1320. The molecular weight excluding hydrogens is 464 g/mol. The third kappa shape index (κ3) is 6.37. The predicted octanol–water partition coefficient (Wildman–Crippen LogP) is 3.05. The summed E-state index contributed by atoms with van der Waals surface area (Å²) in [5, 5.41) is 20.2. The minimum absolute atomic E-state index is 0.00632. The number of anilines is 1. The van der Waals surface area contributed by atoms with Crippen molar-refractivity contribution in [2.45, 2.75) is 11.5 Å². The van der Waals surface area contributed by atoms with E-state index in [2.05, 4.69) is 15.3 Å². The zero-order valence-corrected chi connectivity index (χ0v) is 18.7. The van der Waals surface area contributed by atoms with E-state index in [0.29, 0.717) is 23.5 Å². The van der Waals surface area contributed by atoms with Crippen LogP contribution in [0.5, 0.6) is 5.75 Å². The number of hydrogen-bond donors (Lipinski definition) is 2. The van der Waals surface area contributed by atoms with Gasteiger partial charge in [-0.1, -0.05) is 12.1 Å². The number of esters is 1. The van der Waals surface area contributed by atoms with E-state index >= 15 is 0 Å². The molecular formula is C22H20N4O7S. The molecule has 176 valence electrons. The fourth-order valence-electron chi connectivity index (χ4n) is 2.78. The zero-order chi connectivity index (χ0) is 24.7. The summed E-state index contributed by atoms with van der Waals surface area (Å²) in [4.78, 5) is 21.6. The molecule has 0 radical (unpaired) electrons. The number of ether oxygens (including phenoxy) is 2. The number of sulfonamides is 1. The Kier molecular flexibility index (Phi) is 7.56. The lowest BCUT2D eigenvalue weighted by Crippen LogP contribution is -2.12. The van der Waals surface area contributed by atoms with Crippen LogP contribution >= 0.6 is 0 Å². The highest BCUT2D eigenvalue weighted by Crippen LogP contribution is 2.27. The van der Waals surface area contributed by atoms with Crippen molar-refractivity contribution >= 4 is 33.6 Å². The highest BCUT2D eigenvalue weighted by atomic mass is 32.2. The quantitative estimate of drug-likeness (QED) is 0.202. The average Bonchev–Trinajstić information content (AvgIpc) is 2.82. The molecule has 0 saturated carbocycles. The van der Waals surface area contributed by atoms with Gasteiger partial charge in [0.1, 0.15) is 18.0 Å². The molecule has 0 spiro atoms. The van der Waals surface area contributed by atoms with Crippen LogP contribution in [-0.2, 0) is 21.4 Å². The Morgan fingerprint density at radius 2 is 1.79 bits per heavy atom. The van der Waals surface area contributed by atoms with Gasteiger partial charge < -0.3 is 9.47 Å². The number of methoxy groups -OCH3 is 1. The van der Waals surface area contributed by atoms with Crippen LogP contribution in [0, 0.1) is 10.1 Å². The molecule has 0 aliphatic heterocycles. The maximum Gasteiger partial charge on any atom is 0.337 e. The number of primary sulfonamides is 1. The van der Waals surface area contributed by atoms with E-state index in [1.54, 1.807) is 48.5 Å². The topological polar surface area (TPSA) is 163 Å². The van der Waals surface area contributed by atoms with E-state index < -0.39 is 26.6 Å². The summed E-state index contributed by atoms with van der Waals surface area (Å²) in [5.74, 6) is 0.200. The van der Waals surface area contributed by atoms with Gasteiger partial charge in [0.15, 0.2) is 0 Å². The van der Waals surface area contributed by atoms with Crippen molar-refractivity contribution in [3.8, 4) is 5.75 Å². The van der Waals surface area contributed by atoms with Crippen molar-refractivity contribution < 1.29 is 27.6 Å². The predicted molar refractivity (Wildman–Crippen MR) is 124 cm³/mol. The molecule has 0 aliphatic carbocycles. The number of nitrogens with two attached hydrogens (primary N) is 1. The SMILES string of the molecule is COC(=O)c1ccc(COc2ccc(/C=N/Nc3ccc(S(N)(=O)=O)cc3[N+](=O)[O-])cc2)cc1. The molecule has 0 heterocycles. The van der Waals surface area contributed by atoms with Crippen molar-refractivity contribution in [2.24, 2.45) is 10.2 Å². The molecule has 0 aromatic heterocycles. The van der Waals surface area contributed by atoms with Gasteiger partial charge in [0.05, 0.1) is 28.7 Å². The van der Waals surface area contributed by atoms with Gasteiger partial charge in [-0.2, -0.15) is 5.10 Å². The second-order valence-electron chi connectivity index (χ2n) is 6.90. The maximum atomic E-state index is 11.5. The average molecular weight is 484 g/mol. The van der Waals surface area contributed by atoms with Crippen molar-refractivity contribution in [3.63, 3.8) is 0 Å². The Hall–Kier alpha value is -4.29. The molecule has 0 atom stereocenters. The van der Waals surface area contributed by atoms with Crippen LogP contribution < -0.4 is 15.3 Å². The van der Waals surface area contributed by atoms with Gasteiger partial charge >= 0.3 is 5.97 Å². The number of nitro groups is 1. The Morgan fingerprint density at radius 3 is 2.38 bits per heavy atom. The van der Waals surface area contributed by atoms with Crippen LogP contribution in [-0.4, -0.2) is 32.6 Å². The lowest BCUT2D eigenvalue weighted by Gasteiger charge is -2.07. The van der Waals surface area contributed by atoms with Crippen LogP contribution in [0.3, 0.4) is 0 Å². The van der Waals surface area contributed by atoms with E-state index in [1.807, 2.05) is 0 Å². The molecule has 0 aliphatic rings. The lowest BCUT2D eigenvalue weighted by atomic mass is 10.1. The molecule has 11 nitrogen and oxygen atoms in total. The van der Waals surface area contributed by atoms with Gasteiger partial charge in [-0.25, -0.2) is 18.4 Å². The van der Waals surface area contributed by atoms with Gasteiger partial charge in [-0.15, -0.1) is 0 Å². The number of rotatable bonds is 9. The van der Waals surface area contributed by atoms with Crippen molar-refractivity contribution in [1.82, 2.24) is 0 Å². The number of carbonyl (C=O) groups excluding carboxylic acids is 1. The van der Waals surface area contributed by atoms with Crippen LogP contribution in [0.2, 0.25) is 0 Å². The van der Waals surface area contributed by atoms with E-state index in [-0.39, 0.29) is 10.6 Å². The monoisotopic (exact) mass is 484 g/mol. The summed E-state index contributed by atoms with van der Waals surface area (Å²) in [7, 11) is -2.75. The summed E-state index contributed by atoms with van der Waals surface area (Å²) in [5.41, 5.74) is 4.07. The fourth-order valence-corrected chi connectivity index (χ4v) is 3.32. The first-order valence-electron chi connectivity index (χ1n) is 9.68. The molecule has 3 aromatic rings. The van der Waals surface area contributed by atoms with Crippen LogP contribution in [0.25, 0.3) is 0 Å². The van der Waals surface area contributed by atoms with E-state index in [1.165, 1.54) is 19.4 Å². The van der Waals surface area contributed by atoms with Gasteiger partial charge in [-0.3, -0.25) is 15.5 Å². The highest BCUT2D eigenvalue weighted by Gasteiger charge is 2.18. The largest absolute Gasteiger partial charge is 0.489 e. The number of nitro benzene ring substituents is 1. The third-order valence-electron chi connectivity index (χ3n) is 4.55. The summed E-state index contributed by atoms with van der Waals surface area (Å²) < 4.78 is 33.2. The molecule has 0 fully saturated rings. The second-order valence-corrected chi connectivity index (χ2v) is 8.46. The molecule has 3 N–H and O–H groups in total. The van der Waals surface area contributed by atoms with Crippen molar-refractivity contribution in [1.29, 1.82) is 0 Å². The summed E-state index contributed by atoms with van der Waals surface area (Å²) in [6, 6.07) is 17.0. The molecule has 0 saturated heterocycles. The maximum absolute atomic E-state index is 11.5. The highest BCUT2D eigenvalue weighted by molar-refractivity contribution is 7.89. The molecule has 0 amide bonds. The van der Waals surface area contributed by atoms with Gasteiger partial charge in [0.2, 0.25) is 10.0 Å². The first-order chi connectivity index (χ1) is 16.2. The molecule has 34 heavy (non-hydrogen) atoms. The minimum atomic E-state index is -4.07. The summed E-state index contributed by atoms with van der Waals surface area (Å²) in [6.07, 6.45) is 1.44. The Labute approximate surface area is 195 Å². The molecule has 3 rings (SSSR count). The molecule has 12 heteroatoms. The third-order valence-corrected chi connectivity index (χ3v) is 5.46. The zero-order valence-electron chi connectivity index (χ0n) is 17.9. The van der Waals surface area contributed by atoms with Crippen LogP contribution in [0.4, 0.5) is 11.4 Å². The number of nitrogens with one attached hydrogen (secondary N) is 1. The van der Waals surface area contributed by atoms with Gasteiger partial charge in [0, 0.05) is 6.07 Å². The van der Waals surface area contributed by atoms with Gasteiger partial charge in [0.25, 0.3) is 5.69 Å². The number of hydrogen-bond acceptors (Lipinski definition) is 9. The smallest absolute Gasteiger partial charge is 0.337 e. The molecule has 0 bridgehead atoms. The normalized spacial score (nSPS) is 11.2. The first kappa shape index (κ1) is 24.4. The Balaban J connectivity index is 1.60. The number of benzene rings is 3. The number of hydrazone groups is 1. The molecule has 0 unspecified atom stereocenters. The second kappa shape index (κ2) is 10.6. The molecule has 3 aromatic carbocycles. The standard InChI is InChI=1S/C22H20N4O7S/c1-32-22(27)17-6-2-16(3-7-17)14-33-18-8-4-15(5-9-18)13-24-25-20-11-10-19(34(23,30)31)12-21(20)26(28)29/h2-13,25H,14H2,1H3,(H2,23,30,31)/b24-13+. The van der Waals surface area contributed by atoms with Crippen LogP contribution in [0.1, 0.15) is 21.5 Å². The van der Waals surface area contributed by atoms with E-state index in [4.69, 9.17) is 9.88 Å². The first-order valence-corrected chi connectivity index (χ1v) is 11.2. The van der Waals surface area contributed by atoms with Crippen molar-refractivity contribution in [3.05, 3.63) is 93.5 Å². The van der Waals surface area contributed by atoms with Gasteiger partial charge in [-0.05, 0) is 59.7 Å². The lowest BCUT2D eigenvalue weighted by molar-refractivity contribution is -0.384. The Morgan fingerprint density at radius 1 is 1.12 bits per heavy atom. The number of carbonyl (C=O) groups is 1. The van der Waals surface area contributed by atoms with Crippen LogP contribution in [0.15, 0.2) is 76.7 Å². The van der Waals surface area contributed by atoms with Crippen molar-refractivity contribution in [2.75, 3.05) is 12.5 Å². The summed E-state index contributed by atoms with van der Waals surface area (Å²) >= 11 is 0. The number of nitrogens with zero attached hydrogens (tertiary/aromatic N) is 2.